The summed E-state index contributed by atoms with van der Waals surface area (Å²) in [5.41, 5.74) is 6.34. The molecule has 0 saturated carbocycles. The molecule has 20 heavy (non-hydrogen) atoms. The van der Waals surface area contributed by atoms with Crippen molar-refractivity contribution in [3.8, 4) is 0 Å². The highest BCUT2D eigenvalue weighted by molar-refractivity contribution is 6.33. The van der Waals surface area contributed by atoms with Crippen molar-refractivity contribution in [3.63, 3.8) is 0 Å². The number of piperidine rings is 1. The topological polar surface area (TPSA) is 64.2 Å². The van der Waals surface area contributed by atoms with Crippen LogP contribution in [0.2, 0.25) is 5.02 Å². The smallest absolute Gasteiger partial charge is 0.287 e. The van der Waals surface area contributed by atoms with Crippen molar-refractivity contribution in [2.45, 2.75) is 33.2 Å². The van der Waals surface area contributed by atoms with E-state index in [4.69, 9.17) is 17.3 Å². The molecular formula is C14H23ClN4O. The molecule has 1 saturated heterocycles. The zero-order chi connectivity index (χ0) is 14.9. The highest BCUT2D eigenvalue weighted by atomic mass is 35.5. The maximum Gasteiger partial charge on any atom is 0.287 e. The summed E-state index contributed by atoms with van der Waals surface area (Å²) in [7, 11) is 0. The van der Waals surface area contributed by atoms with Gasteiger partial charge in [-0.3, -0.25) is 4.79 Å². The Hall–Kier alpha value is -1.07. The maximum atomic E-state index is 12.2. The molecule has 2 unspecified atom stereocenters. The Balaban J connectivity index is 2.30. The monoisotopic (exact) mass is 298 g/mol. The van der Waals surface area contributed by atoms with Gasteiger partial charge in [-0.05, 0) is 38.6 Å². The van der Waals surface area contributed by atoms with E-state index >= 15 is 0 Å². The Kier molecular flexibility index (Phi) is 4.70. The third-order valence-corrected chi connectivity index (χ3v) is 4.53. The second-order valence-corrected chi connectivity index (χ2v) is 6.27. The van der Waals surface area contributed by atoms with Gasteiger partial charge in [0.2, 0.25) is 0 Å². The minimum atomic E-state index is -0.220. The number of halogens is 1. The molecule has 2 heterocycles. The van der Waals surface area contributed by atoms with Gasteiger partial charge < -0.3 is 10.6 Å². The van der Waals surface area contributed by atoms with Crippen molar-refractivity contribution < 1.29 is 0 Å². The zero-order valence-electron chi connectivity index (χ0n) is 12.3. The molecular weight excluding hydrogens is 276 g/mol. The van der Waals surface area contributed by atoms with E-state index in [1.807, 2.05) is 13.8 Å². The van der Waals surface area contributed by atoms with Crippen LogP contribution in [-0.2, 0) is 0 Å². The van der Waals surface area contributed by atoms with Crippen molar-refractivity contribution in [1.29, 1.82) is 0 Å². The average molecular weight is 299 g/mol. The van der Waals surface area contributed by atoms with Gasteiger partial charge in [0, 0.05) is 13.1 Å². The quantitative estimate of drug-likeness (QED) is 0.926. The molecule has 112 valence electrons. The van der Waals surface area contributed by atoms with Gasteiger partial charge in [-0.15, -0.1) is 0 Å². The van der Waals surface area contributed by atoms with E-state index in [9.17, 15) is 4.79 Å². The second kappa shape index (κ2) is 6.14. The molecule has 2 rings (SSSR count). The summed E-state index contributed by atoms with van der Waals surface area (Å²) in [6, 6.07) is 0.00668. The standard InChI is InChI=1S/C14H23ClN4O/c1-9(2)19-14(20)13(15)12(7-17-19)18-5-4-10(3)11(6-16)8-18/h7,9-11H,4-6,8,16H2,1-3H3. The van der Waals surface area contributed by atoms with Crippen LogP contribution in [0.25, 0.3) is 0 Å². The molecule has 1 aliphatic rings. The van der Waals surface area contributed by atoms with Gasteiger partial charge in [0.1, 0.15) is 5.02 Å². The van der Waals surface area contributed by atoms with Crippen molar-refractivity contribution in [2.24, 2.45) is 17.6 Å². The van der Waals surface area contributed by atoms with E-state index in [1.165, 1.54) is 4.68 Å². The van der Waals surface area contributed by atoms with Crippen LogP contribution in [0.15, 0.2) is 11.0 Å². The van der Waals surface area contributed by atoms with Crippen LogP contribution in [0.4, 0.5) is 5.69 Å². The number of hydrogen-bond acceptors (Lipinski definition) is 4. The average Bonchev–Trinajstić information content (AvgIpc) is 2.42. The highest BCUT2D eigenvalue weighted by Gasteiger charge is 2.27. The summed E-state index contributed by atoms with van der Waals surface area (Å²) in [4.78, 5) is 14.3. The van der Waals surface area contributed by atoms with Gasteiger partial charge in [0.05, 0.1) is 17.9 Å². The van der Waals surface area contributed by atoms with Gasteiger partial charge >= 0.3 is 0 Å². The van der Waals surface area contributed by atoms with E-state index in [-0.39, 0.29) is 16.6 Å². The number of anilines is 1. The molecule has 5 nitrogen and oxygen atoms in total. The van der Waals surface area contributed by atoms with Crippen LogP contribution in [-0.4, -0.2) is 29.4 Å². The first-order valence-corrected chi connectivity index (χ1v) is 7.55. The third-order valence-electron chi connectivity index (χ3n) is 4.17. The van der Waals surface area contributed by atoms with E-state index in [0.717, 1.165) is 25.2 Å². The second-order valence-electron chi connectivity index (χ2n) is 5.90. The molecule has 0 amide bonds. The normalized spacial score (nSPS) is 23.4. The summed E-state index contributed by atoms with van der Waals surface area (Å²) in [5.74, 6) is 1.05. The molecule has 1 fully saturated rings. The van der Waals surface area contributed by atoms with Crippen LogP contribution in [0.5, 0.6) is 0 Å². The Morgan fingerprint density at radius 2 is 2.25 bits per heavy atom. The summed E-state index contributed by atoms with van der Waals surface area (Å²) >= 11 is 6.26. The maximum absolute atomic E-state index is 12.2. The molecule has 0 aliphatic carbocycles. The predicted octanol–water partition coefficient (Wildman–Crippen LogP) is 1.90. The Morgan fingerprint density at radius 3 is 2.85 bits per heavy atom. The van der Waals surface area contributed by atoms with Gasteiger partial charge in [-0.1, -0.05) is 18.5 Å². The number of hydrogen-bond donors (Lipinski definition) is 1. The lowest BCUT2D eigenvalue weighted by Crippen LogP contribution is -2.43. The van der Waals surface area contributed by atoms with Gasteiger partial charge in [-0.25, -0.2) is 4.68 Å². The number of nitrogens with zero attached hydrogens (tertiary/aromatic N) is 3. The lowest BCUT2D eigenvalue weighted by Gasteiger charge is -2.38. The molecule has 2 N–H and O–H groups in total. The number of nitrogens with two attached hydrogens (primary N) is 1. The molecule has 0 spiro atoms. The van der Waals surface area contributed by atoms with Crippen molar-refractivity contribution in [2.75, 3.05) is 24.5 Å². The van der Waals surface area contributed by atoms with Crippen molar-refractivity contribution in [1.82, 2.24) is 9.78 Å². The molecule has 0 aromatic carbocycles. The Labute approximate surface area is 124 Å². The van der Waals surface area contributed by atoms with Gasteiger partial charge in [0.15, 0.2) is 0 Å². The van der Waals surface area contributed by atoms with E-state index < -0.39 is 0 Å². The van der Waals surface area contributed by atoms with Crippen molar-refractivity contribution in [3.05, 3.63) is 21.6 Å². The third kappa shape index (κ3) is 2.83. The fourth-order valence-corrected chi connectivity index (χ4v) is 2.95. The first kappa shape index (κ1) is 15.3. The lowest BCUT2D eigenvalue weighted by atomic mass is 9.87. The van der Waals surface area contributed by atoms with Crippen LogP contribution >= 0.6 is 11.6 Å². The van der Waals surface area contributed by atoms with Crippen LogP contribution < -0.4 is 16.2 Å². The van der Waals surface area contributed by atoms with Crippen LogP contribution in [0.3, 0.4) is 0 Å². The van der Waals surface area contributed by atoms with Gasteiger partial charge in [0.25, 0.3) is 5.56 Å². The van der Waals surface area contributed by atoms with E-state index in [0.29, 0.717) is 18.4 Å². The fraction of sp³-hybridized carbons (Fsp3) is 0.714. The minimum Gasteiger partial charge on any atom is -0.369 e. The molecule has 0 radical (unpaired) electrons. The number of aromatic nitrogens is 2. The van der Waals surface area contributed by atoms with Crippen molar-refractivity contribution >= 4 is 17.3 Å². The summed E-state index contributed by atoms with van der Waals surface area (Å²) < 4.78 is 1.42. The first-order valence-electron chi connectivity index (χ1n) is 7.18. The van der Waals surface area contributed by atoms with Gasteiger partial charge in [-0.2, -0.15) is 5.10 Å². The summed E-state index contributed by atoms with van der Waals surface area (Å²) in [6.07, 6.45) is 2.76. The van der Waals surface area contributed by atoms with E-state index in [1.54, 1.807) is 6.20 Å². The lowest BCUT2D eigenvalue weighted by molar-refractivity contribution is 0.307. The summed E-state index contributed by atoms with van der Waals surface area (Å²) in [5, 5.41) is 4.49. The SMILES string of the molecule is CC1CCN(c2cnn(C(C)C)c(=O)c2Cl)CC1CN. The highest BCUT2D eigenvalue weighted by Crippen LogP contribution is 2.29. The van der Waals surface area contributed by atoms with Crippen LogP contribution in [0, 0.1) is 11.8 Å². The largest absolute Gasteiger partial charge is 0.369 e. The first-order chi connectivity index (χ1) is 9.45. The molecule has 1 aliphatic heterocycles. The van der Waals surface area contributed by atoms with Crippen LogP contribution in [0.1, 0.15) is 33.2 Å². The molecule has 1 aromatic heterocycles. The fourth-order valence-electron chi connectivity index (χ4n) is 2.70. The molecule has 6 heteroatoms. The predicted molar refractivity (Wildman–Crippen MR) is 82.4 cm³/mol. The minimum absolute atomic E-state index is 0.00668. The Bertz CT molecular complexity index is 528. The molecule has 2 atom stereocenters. The summed E-state index contributed by atoms with van der Waals surface area (Å²) in [6.45, 7) is 8.44. The Morgan fingerprint density at radius 1 is 1.55 bits per heavy atom. The number of rotatable bonds is 3. The van der Waals surface area contributed by atoms with E-state index in [2.05, 4.69) is 16.9 Å². The zero-order valence-corrected chi connectivity index (χ0v) is 13.1. The molecule has 0 bridgehead atoms. The molecule has 1 aromatic rings.